The van der Waals surface area contributed by atoms with Crippen LogP contribution in [0.15, 0.2) is 10.6 Å². The van der Waals surface area contributed by atoms with Crippen molar-refractivity contribution in [2.24, 2.45) is 0 Å². The summed E-state index contributed by atoms with van der Waals surface area (Å²) < 4.78 is 10.7. The molecule has 0 saturated carbocycles. The third-order valence-corrected chi connectivity index (χ3v) is 5.11. The van der Waals surface area contributed by atoms with Crippen molar-refractivity contribution in [1.29, 1.82) is 0 Å². The Morgan fingerprint density at radius 3 is 2.95 bits per heavy atom. The standard InChI is InChI=1S/C15H19N3O3S/c1-4-12-9(2)7-13(22-12)15(19)18-5-6-20-11(8-18)14-16-10(3)21-17-14/h7,11H,4-6,8H2,1-3H3/t11-/m1/s1. The molecule has 0 unspecified atom stereocenters. The molecule has 3 rings (SSSR count). The molecule has 1 atom stereocenters. The molecule has 0 N–H and O–H groups in total. The van der Waals surface area contributed by atoms with E-state index >= 15 is 0 Å². The van der Waals surface area contributed by atoms with Crippen LogP contribution in [-0.4, -0.2) is 40.6 Å². The second-order valence-electron chi connectivity index (χ2n) is 5.35. The number of aryl methyl sites for hydroxylation is 3. The number of morpholine rings is 1. The van der Waals surface area contributed by atoms with E-state index in [1.807, 2.05) is 11.0 Å². The monoisotopic (exact) mass is 321 g/mol. The summed E-state index contributed by atoms with van der Waals surface area (Å²) in [6.07, 6.45) is 0.638. The van der Waals surface area contributed by atoms with Gasteiger partial charge in [-0.25, -0.2) is 0 Å². The van der Waals surface area contributed by atoms with Crippen molar-refractivity contribution in [2.75, 3.05) is 19.7 Å². The molecule has 0 bridgehead atoms. The number of hydrogen-bond donors (Lipinski definition) is 0. The fourth-order valence-corrected chi connectivity index (χ4v) is 3.65. The average molecular weight is 321 g/mol. The normalized spacial score (nSPS) is 18.7. The first-order valence-electron chi connectivity index (χ1n) is 7.39. The summed E-state index contributed by atoms with van der Waals surface area (Å²) in [5.41, 5.74) is 1.19. The first kappa shape index (κ1) is 15.2. The van der Waals surface area contributed by atoms with Gasteiger partial charge in [0.2, 0.25) is 11.7 Å². The van der Waals surface area contributed by atoms with Crippen molar-refractivity contribution in [3.63, 3.8) is 0 Å². The Hall–Kier alpha value is -1.73. The highest BCUT2D eigenvalue weighted by molar-refractivity contribution is 7.14. The molecular weight excluding hydrogens is 302 g/mol. The van der Waals surface area contributed by atoms with E-state index in [4.69, 9.17) is 9.26 Å². The Morgan fingerprint density at radius 2 is 2.32 bits per heavy atom. The van der Waals surface area contributed by atoms with E-state index in [0.717, 1.165) is 11.3 Å². The van der Waals surface area contributed by atoms with Crippen LogP contribution in [0, 0.1) is 13.8 Å². The molecule has 1 amide bonds. The Morgan fingerprint density at radius 1 is 1.50 bits per heavy atom. The van der Waals surface area contributed by atoms with Gasteiger partial charge < -0.3 is 14.2 Å². The molecule has 1 saturated heterocycles. The lowest BCUT2D eigenvalue weighted by molar-refractivity contribution is -0.0274. The second kappa shape index (κ2) is 6.18. The minimum Gasteiger partial charge on any atom is -0.366 e. The molecule has 22 heavy (non-hydrogen) atoms. The van der Waals surface area contributed by atoms with Gasteiger partial charge in [-0.3, -0.25) is 4.79 Å². The molecule has 1 fully saturated rings. The topological polar surface area (TPSA) is 68.5 Å². The Kier molecular flexibility index (Phi) is 4.26. The summed E-state index contributed by atoms with van der Waals surface area (Å²) in [7, 11) is 0. The predicted octanol–water partition coefficient (Wildman–Crippen LogP) is 2.52. The van der Waals surface area contributed by atoms with Gasteiger partial charge in [0.1, 0.15) is 6.10 Å². The SMILES string of the molecule is CCc1sc(C(=O)N2CCO[C@@H](c3noc(C)n3)C2)cc1C. The van der Waals surface area contributed by atoms with E-state index in [1.165, 1.54) is 10.4 Å². The van der Waals surface area contributed by atoms with E-state index in [9.17, 15) is 4.79 Å². The van der Waals surface area contributed by atoms with Gasteiger partial charge >= 0.3 is 0 Å². The average Bonchev–Trinajstić information content (AvgIpc) is 3.12. The summed E-state index contributed by atoms with van der Waals surface area (Å²) >= 11 is 1.58. The number of amides is 1. The van der Waals surface area contributed by atoms with E-state index in [2.05, 4.69) is 24.0 Å². The number of carbonyl (C=O) groups is 1. The summed E-state index contributed by atoms with van der Waals surface area (Å²) in [5, 5.41) is 3.89. The summed E-state index contributed by atoms with van der Waals surface area (Å²) in [6, 6.07) is 1.98. The van der Waals surface area contributed by atoms with Crippen molar-refractivity contribution in [2.45, 2.75) is 33.3 Å². The fraction of sp³-hybridized carbons (Fsp3) is 0.533. The zero-order chi connectivity index (χ0) is 15.7. The third kappa shape index (κ3) is 2.91. The maximum Gasteiger partial charge on any atom is 0.264 e. The second-order valence-corrected chi connectivity index (χ2v) is 6.49. The summed E-state index contributed by atoms with van der Waals surface area (Å²) in [4.78, 5) is 20.7. The van der Waals surface area contributed by atoms with E-state index in [1.54, 1.807) is 18.3 Å². The quantitative estimate of drug-likeness (QED) is 0.869. The van der Waals surface area contributed by atoms with Gasteiger partial charge in [0.05, 0.1) is 18.0 Å². The lowest BCUT2D eigenvalue weighted by Gasteiger charge is -2.31. The van der Waals surface area contributed by atoms with Crippen LogP contribution in [0.3, 0.4) is 0 Å². The van der Waals surface area contributed by atoms with Crippen LogP contribution >= 0.6 is 11.3 Å². The van der Waals surface area contributed by atoms with Gasteiger partial charge in [-0.1, -0.05) is 12.1 Å². The first-order chi connectivity index (χ1) is 10.6. The highest BCUT2D eigenvalue weighted by Crippen LogP contribution is 2.26. The van der Waals surface area contributed by atoms with Gasteiger partial charge in [0, 0.05) is 18.3 Å². The number of ether oxygens (including phenoxy) is 1. The number of nitrogens with zero attached hydrogens (tertiary/aromatic N) is 3. The van der Waals surface area contributed by atoms with Crippen LogP contribution in [0.2, 0.25) is 0 Å². The Balaban J connectivity index is 1.74. The van der Waals surface area contributed by atoms with Crippen LogP contribution in [0.4, 0.5) is 0 Å². The summed E-state index contributed by atoms with van der Waals surface area (Å²) in [6.45, 7) is 7.42. The van der Waals surface area contributed by atoms with Crippen LogP contribution in [-0.2, 0) is 11.2 Å². The van der Waals surface area contributed by atoms with Crippen molar-refractivity contribution < 1.29 is 14.1 Å². The molecule has 2 aromatic rings. The van der Waals surface area contributed by atoms with Crippen molar-refractivity contribution >= 4 is 17.2 Å². The van der Waals surface area contributed by atoms with Crippen LogP contribution in [0.25, 0.3) is 0 Å². The highest BCUT2D eigenvalue weighted by Gasteiger charge is 2.29. The minimum absolute atomic E-state index is 0.0568. The van der Waals surface area contributed by atoms with E-state index in [0.29, 0.717) is 31.4 Å². The molecule has 118 valence electrons. The van der Waals surface area contributed by atoms with E-state index in [-0.39, 0.29) is 12.0 Å². The van der Waals surface area contributed by atoms with Gasteiger partial charge in [0.15, 0.2) is 0 Å². The minimum atomic E-state index is -0.318. The molecule has 3 heterocycles. The first-order valence-corrected chi connectivity index (χ1v) is 8.20. The third-order valence-electron chi connectivity index (χ3n) is 3.74. The molecule has 1 aliphatic rings. The van der Waals surface area contributed by atoms with Gasteiger partial charge in [0.25, 0.3) is 5.91 Å². The Bertz CT molecular complexity index is 679. The fourth-order valence-electron chi connectivity index (χ4n) is 2.57. The van der Waals surface area contributed by atoms with Crippen LogP contribution in [0.5, 0.6) is 0 Å². The molecule has 6 nitrogen and oxygen atoms in total. The maximum absolute atomic E-state index is 12.7. The number of thiophene rings is 1. The number of hydrogen-bond acceptors (Lipinski definition) is 6. The smallest absolute Gasteiger partial charge is 0.264 e. The predicted molar refractivity (Wildman–Crippen MR) is 82.1 cm³/mol. The molecule has 0 aromatic carbocycles. The lowest BCUT2D eigenvalue weighted by atomic mass is 10.2. The number of aromatic nitrogens is 2. The molecule has 1 aliphatic heterocycles. The van der Waals surface area contributed by atoms with Crippen LogP contribution < -0.4 is 0 Å². The van der Waals surface area contributed by atoms with E-state index < -0.39 is 0 Å². The summed E-state index contributed by atoms with van der Waals surface area (Å²) in [5.74, 6) is 1.07. The number of carbonyl (C=O) groups excluding carboxylic acids is 1. The van der Waals surface area contributed by atoms with Crippen LogP contribution in [0.1, 0.15) is 44.9 Å². The highest BCUT2D eigenvalue weighted by atomic mass is 32.1. The Labute approximate surface area is 133 Å². The maximum atomic E-state index is 12.7. The van der Waals surface area contributed by atoms with Crippen molar-refractivity contribution in [1.82, 2.24) is 15.0 Å². The van der Waals surface area contributed by atoms with Crippen molar-refractivity contribution in [3.8, 4) is 0 Å². The van der Waals surface area contributed by atoms with Crippen molar-refractivity contribution in [3.05, 3.63) is 33.1 Å². The largest absolute Gasteiger partial charge is 0.366 e. The lowest BCUT2D eigenvalue weighted by Crippen LogP contribution is -2.42. The molecule has 0 radical (unpaired) electrons. The van der Waals surface area contributed by atoms with Gasteiger partial charge in [-0.05, 0) is 25.0 Å². The van der Waals surface area contributed by atoms with Gasteiger partial charge in [-0.15, -0.1) is 11.3 Å². The molecule has 0 aliphatic carbocycles. The number of rotatable bonds is 3. The van der Waals surface area contributed by atoms with Gasteiger partial charge in [-0.2, -0.15) is 4.98 Å². The molecular formula is C15H19N3O3S. The zero-order valence-electron chi connectivity index (χ0n) is 13.0. The molecule has 7 heteroatoms. The zero-order valence-corrected chi connectivity index (χ0v) is 13.8. The molecule has 2 aromatic heterocycles. The molecule has 0 spiro atoms.